The Labute approximate surface area is 127 Å². The zero-order valence-electron chi connectivity index (χ0n) is 11.6. The van der Waals surface area contributed by atoms with Gasteiger partial charge >= 0.3 is 0 Å². The maximum Gasteiger partial charge on any atom is 0.257 e. The largest absolute Gasteiger partial charge is 0.389 e. The third kappa shape index (κ3) is 3.22. The van der Waals surface area contributed by atoms with Crippen LogP contribution in [0.15, 0.2) is 30.3 Å². The summed E-state index contributed by atoms with van der Waals surface area (Å²) in [7, 11) is 0. The van der Waals surface area contributed by atoms with Gasteiger partial charge in [0.25, 0.3) is 5.91 Å². The highest BCUT2D eigenvalue weighted by atomic mass is 32.1. The molecule has 0 aliphatic heterocycles. The number of benzene rings is 1. The van der Waals surface area contributed by atoms with Gasteiger partial charge in [-0.15, -0.1) is 0 Å². The highest BCUT2D eigenvalue weighted by Gasteiger charge is 2.16. The molecule has 2 rings (SSSR count). The van der Waals surface area contributed by atoms with Crippen molar-refractivity contribution in [3.05, 3.63) is 58.7 Å². The van der Waals surface area contributed by atoms with Crippen molar-refractivity contribution in [2.75, 3.05) is 5.32 Å². The van der Waals surface area contributed by atoms with Crippen LogP contribution in [0.25, 0.3) is 0 Å². The molecular weight excluding hydrogens is 289 g/mol. The lowest BCUT2D eigenvalue weighted by molar-refractivity contribution is 0.102. The predicted octanol–water partition coefficient (Wildman–Crippen LogP) is 2.72. The first kappa shape index (κ1) is 15.1. The molecule has 0 spiro atoms. The van der Waals surface area contributed by atoms with Crippen LogP contribution in [0.5, 0.6) is 0 Å². The maximum atomic E-state index is 13.8. The van der Waals surface area contributed by atoms with Crippen molar-refractivity contribution in [3.63, 3.8) is 0 Å². The van der Waals surface area contributed by atoms with E-state index in [0.29, 0.717) is 11.3 Å². The summed E-state index contributed by atoms with van der Waals surface area (Å²) in [6.45, 7) is 3.58. The van der Waals surface area contributed by atoms with Crippen LogP contribution >= 0.6 is 12.2 Å². The van der Waals surface area contributed by atoms with Gasteiger partial charge in [-0.1, -0.05) is 18.3 Å². The molecule has 0 unspecified atom stereocenters. The molecule has 0 saturated carbocycles. The number of hydrogen-bond donors (Lipinski definition) is 2. The second kappa shape index (κ2) is 5.97. The van der Waals surface area contributed by atoms with E-state index in [1.807, 2.05) is 6.92 Å². The number of rotatable bonds is 3. The molecule has 21 heavy (non-hydrogen) atoms. The summed E-state index contributed by atoms with van der Waals surface area (Å²) in [6, 6.07) is 7.68. The Bertz CT molecular complexity index is 731. The minimum atomic E-state index is -0.570. The van der Waals surface area contributed by atoms with Gasteiger partial charge in [0, 0.05) is 5.69 Å². The number of hydrogen-bond acceptors (Lipinski definition) is 3. The highest BCUT2D eigenvalue weighted by molar-refractivity contribution is 7.80. The van der Waals surface area contributed by atoms with E-state index in [4.69, 9.17) is 18.0 Å². The van der Waals surface area contributed by atoms with Crippen LogP contribution in [-0.4, -0.2) is 15.9 Å². The Morgan fingerprint density at radius 2 is 2.00 bits per heavy atom. The van der Waals surface area contributed by atoms with E-state index in [2.05, 4.69) is 10.3 Å². The summed E-state index contributed by atoms with van der Waals surface area (Å²) in [5.74, 6) is -0.956. The van der Waals surface area contributed by atoms with Crippen LogP contribution in [0.1, 0.15) is 27.3 Å². The average Bonchev–Trinajstić information content (AvgIpc) is 2.37. The lowest BCUT2D eigenvalue weighted by Crippen LogP contribution is -2.20. The number of aromatic nitrogens is 1. The van der Waals surface area contributed by atoms with Crippen LogP contribution in [-0.2, 0) is 0 Å². The van der Waals surface area contributed by atoms with Gasteiger partial charge in [0.15, 0.2) is 0 Å². The second-order valence-electron chi connectivity index (χ2n) is 4.57. The number of carbonyl (C=O) groups is 1. The molecule has 0 saturated heterocycles. The first-order chi connectivity index (χ1) is 9.90. The molecule has 4 nitrogen and oxygen atoms in total. The fraction of sp³-hybridized carbons (Fsp3) is 0.133. The van der Waals surface area contributed by atoms with Crippen LogP contribution in [0, 0.1) is 19.7 Å². The van der Waals surface area contributed by atoms with E-state index in [0.717, 1.165) is 5.69 Å². The predicted molar refractivity (Wildman–Crippen MR) is 84.0 cm³/mol. The van der Waals surface area contributed by atoms with Crippen LogP contribution in [0.2, 0.25) is 0 Å². The van der Waals surface area contributed by atoms with Gasteiger partial charge in [-0.05, 0) is 38.1 Å². The Kier molecular flexibility index (Phi) is 4.28. The maximum absolute atomic E-state index is 13.8. The first-order valence-corrected chi connectivity index (χ1v) is 6.65. The molecule has 0 aliphatic rings. The number of anilines is 1. The van der Waals surface area contributed by atoms with Gasteiger partial charge < -0.3 is 11.1 Å². The number of thiocarbonyl (C=S) groups is 1. The van der Waals surface area contributed by atoms with E-state index in [1.54, 1.807) is 25.1 Å². The molecule has 0 atom stereocenters. The number of amides is 1. The van der Waals surface area contributed by atoms with Gasteiger partial charge in [-0.3, -0.25) is 9.78 Å². The molecule has 1 heterocycles. The molecule has 1 amide bonds. The Hall–Kier alpha value is -2.34. The Balaban J connectivity index is 2.36. The summed E-state index contributed by atoms with van der Waals surface area (Å²) in [6.07, 6.45) is 0. The summed E-state index contributed by atoms with van der Waals surface area (Å²) in [5, 5.41) is 2.62. The topological polar surface area (TPSA) is 68.0 Å². The quantitative estimate of drug-likeness (QED) is 0.856. The number of nitrogens with one attached hydrogen (secondary N) is 1. The molecule has 1 aromatic carbocycles. The minimum absolute atomic E-state index is 0.0265. The minimum Gasteiger partial charge on any atom is -0.389 e. The summed E-state index contributed by atoms with van der Waals surface area (Å²) in [4.78, 5) is 16.4. The molecule has 3 N–H and O–H groups in total. The summed E-state index contributed by atoms with van der Waals surface area (Å²) < 4.78 is 13.8. The summed E-state index contributed by atoms with van der Waals surface area (Å²) >= 11 is 4.82. The van der Waals surface area contributed by atoms with E-state index in [-0.39, 0.29) is 22.1 Å². The van der Waals surface area contributed by atoms with Crippen molar-refractivity contribution >= 4 is 28.8 Å². The fourth-order valence-electron chi connectivity index (χ4n) is 1.99. The zero-order valence-corrected chi connectivity index (χ0v) is 12.4. The smallest absolute Gasteiger partial charge is 0.257 e. The van der Waals surface area contributed by atoms with Crippen molar-refractivity contribution in [3.8, 4) is 0 Å². The van der Waals surface area contributed by atoms with Crippen LogP contribution in [0.4, 0.5) is 10.1 Å². The number of halogens is 1. The molecular formula is C15H14FN3OS. The zero-order chi connectivity index (χ0) is 15.6. The summed E-state index contributed by atoms with van der Waals surface area (Å²) in [5.41, 5.74) is 7.61. The highest BCUT2D eigenvalue weighted by Crippen LogP contribution is 2.20. The lowest BCUT2D eigenvalue weighted by atomic mass is 10.1. The average molecular weight is 303 g/mol. The molecule has 0 fully saturated rings. The molecule has 0 bridgehead atoms. The molecule has 0 aliphatic carbocycles. The van der Waals surface area contributed by atoms with Gasteiger partial charge in [-0.2, -0.15) is 0 Å². The molecule has 6 heteroatoms. The monoisotopic (exact) mass is 303 g/mol. The third-order valence-corrected chi connectivity index (χ3v) is 3.18. The van der Waals surface area contributed by atoms with Gasteiger partial charge in [0.2, 0.25) is 0 Å². The normalized spacial score (nSPS) is 10.2. The standard InChI is InChI=1S/C15H14FN3OS/c1-8-6-7-10(9(2)18-8)15(20)19-12-5-3-4-11(16)13(12)14(17)21/h3-7H,1-2H3,(H2,17,21)(H,19,20). The van der Waals surface area contributed by atoms with Crippen LogP contribution in [0.3, 0.4) is 0 Å². The van der Waals surface area contributed by atoms with Crippen molar-refractivity contribution < 1.29 is 9.18 Å². The van der Waals surface area contributed by atoms with Gasteiger partial charge in [0.1, 0.15) is 10.8 Å². The van der Waals surface area contributed by atoms with E-state index < -0.39 is 5.82 Å². The number of nitrogens with zero attached hydrogens (tertiary/aromatic N) is 1. The van der Waals surface area contributed by atoms with Gasteiger partial charge in [0.05, 0.1) is 22.5 Å². The van der Waals surface area contributed by atoms with Crippen molar-refractivity contribution in [2.24, 2.45) is 5.73 Å². The van der Waals surface area contributed by atoms with E-state index in [9.17, 15) is 9.18 Å². The third-order valence-electron chi connectivity index (χ3n) is 2.98. The Morgan fingerprint density at radius 3 is 2.62 bits per heavy atom. The molecule has 0 radical (unpaired) electrons. The number of pyridine rings is 1. The number of aryl methyl sites for hydroxylation is 2. The van der Waals surface area contributed by atoms with E-state index in [1.165, 1.54) is 12.1 Å². The second-order valence-corrected chi connectivity index (χ2v) is 5.01. The van der Waals surface area contributed by atoms with Crippen molar-refractivity contribution in [2.45, 2.75) is 13.8 Å². The molecule has 2 aromatic rings. The SMILES string of the molecule is Cc1ccc(C(=O)Nc2cccc(F)c2C(N)=S)c(C)n1. The van der Waals surface area contributed by atoms with Crippen molar-refractivity contribution in [1.29, 1.82) is 0 Å². The van der Waals surface area contributed by atoms with Crippen molar-refractivity contribution in [1.82, 2.24) is 4.98 Å². The Morgan fingerprint density at radius 1 is 1.29 bits per heavy atom. The fourth-order valence-corrected chi connectivity index (χ4v) is 2.20. The number of nitrogens with two attached hydrogens (primary N) is 1. The lowest BCUT2D eigenvalue weighted by Gasteiger charge is -2.12. The first-order valence-electron chi connectivity index (χ1n) is 6.24. The number of carbonyl (C=O) groups excluding carboxylic acids is 1. The van der Waals surface area contributed by atoms with Gasteiger partial charge in [-0.25, -0.2) is 4.39 Å². The molecule has 1 aromatic heterocycles. The van der Waals surface area contributed by atoms with Crippen LogP contribution < -0.4 is 11.1 Å². The molecule has 108 valence electrons. The van der Waals surface area contributed by atoms with E-state index >= 15 is 0 Å².